The van der Waals surface area contributed by atoms with Gasteiger partial charge in [0.05, 0.1) is 7.11 Å². The van der Waals surface area contributed by atoms with Crippen LogP contribution in [0.4, 0.5) is 13.2 Å². The smallest absolute Gasteiger partial charge is 0.406 e. The van der Waals surface area contributed by atoms with Crippen molar-refractivity contribution in [2.75, 3.05) is 26.8 Å². The van der Waals surface area contributed by atoms with Crippen molar-refractivity contribution in [1.82, 2.24) is 4.90 Å². The molecular formula is C15H19F3N2O4. The fourth-order valence-electron chi connectivity index (χ4n) is 1.99. The van der Waals surface area contributed by atoms with Gasteiger partial charge in [0.15, 0.2) is 18.1 Å². The second kappa shape index (κ2) is 8.42. The summed E-state index contributed by atoms with van der Waals surface area (Å²) in [6.07, 6.45) is -4.10. The Bertz CT molecular complexity index is 591. The first-order chi connectivity index (χ1) is 11.2. The Labute approximate surface area is 137 Å². The zero-order valence-corrected chi connectivity index (χ0v) is 13.4. The number of amides is 2. The SMILES string of the molecule is CCCN(CC(F)(F)F)C(=O)c1ccc(OCC(N)=O)c(OC)c1. The fourth-order valence-corrected chi connectivity index (χ4v) is 1.99. The zero-order valence-electron chi connectivity index (χ0n) is 13.4. The maximum atomic E-state index is 12.6. The third-order valence-corrected chi connectivity index (χ3v) is 2.93. The minimum absolute atomic E-state index is 0.0241. The fraction of sp³-hybridized carbons (Fsp3) is 0.467. The highest BCUT2D eigenvalue weighted by Gasteiger charge is 2.33. The van der Waals surface area contributed by atoms with Gasteiger partial charge in [0.2, 0.25) is 0 Å². The lowest BCUT2D eigenvalue weighted by molar-refractivity contribution is -0.140. The van der Waals surface area contributed by atoms with Crippen molar-refractivity contribution in [3.63, 3.8) is 0 Å². The van der Waals surface area contributed by atoms with E-state index in [1.807, 2.05) is 0 Å². The van der Waals surface area contributed by atoms with Crippen LogP contribution in [0.3, 0.4) is 0 Å². The van der Waals surface area contributed by atoms with Crippen LogP contribution in [0, 0.1) is 0 Å². The van der Waals surface area contributed by atoms with Crippen LogP contribution >= 0.6 is 0 Å². The predicted molar refractivity (Wildman–Crippen MR) is 79.9 cm³/mol. The Balaban J connectivity index is 3.01. The number of hydrogen-bond donors (Lipinski definition) is 1. The number of ether oxygens (including phenoxy) is 2. The number of rotatable bonds is 8. The number of methoxy groups -OCH3 is 1. The van der Waals surface area contributed by atoms with E-state index in [-0.39, 0.29) is 30.2 Å². The van der Waals surface area contributed by atoms with Crippen molar-refractivity contribution in [3.8, 4) is 11.5 Å². The zero-order chi connectivity index (χ0) is 18.3. The van der Waals surface area contributed by atoms with Gasteiger partial charge in [0.1, 0.15) is 6.54 Å². The molecule has 0 aromatic heterocycles. The minimum Gasteiger partial charge on any atom is -0.493 e. The number of alkyl halides is 3. The topological polar surface area (TPSA) is 81.9 Å². The first-order valence-electron chi connectivity index (χ1n) is 7.13. The molecule has 0 bridgehead atoms. The van der Waals surface area contributed by atoms with E-state index in [0.29, 0.717) is 6.42 Å². The Morgan fingerprint density at radius 2 is 1.92 bits per heavy atom. The molecule has 1 aromatic rings. The summed E-state index contributed by atoms with van der Waals surface area (Å²) < 4.78 is 48.0. The van der Waals surface area contributed by atoms with Gasteiger partial charge in [-0.15, -0.1) is 0 Å². The summed E-state index contributed by atoms with van der Waals surface area (Å²) in [5, 5.41) is 0. The lowest BCUT2D eigenvalue weighted by Crippen LogP contribution is -2.39. The molecule has 2 amide bonds. The molecule has 1 aromatic carbocycles. The number of nitrogens with two attached hydrogens (primary N) is 1. The lowest BCUT2D eigenvalue weighted by Gasteiger charge is -2.23. The van der Waals surface area contributed by atoms with Gasteiger partial charge in [-0.1, -0.05) is 6.92 Å². The summed E-state index contributed by atoms with van der Waals surface area (Å²) in [6, 6.07) is 3.91. The lowest BCUT2D eigenvalue weighted by atomic mass is 10.1. The Morgan fingerprint density at radius 3 is 2.42 bits per heavy atom. The molecule has 0 saturated heterocycles. The minimum atomic E-state index is -4.49. The van der Waals surface area contributed by atoms with E-state index >= 15 is 0 Å². The van der Waals surface area contributed by atoms with Gasteiger partial charge in [0, 0.05) is 12.1 Å². The molecule has 0 saturated carbocycles. The van der Waals surface area contributed by atoms with Crippen LogP contribution < -0.4 is 15.2 Å². The normalized spacial score (nSPS) is 11.0. The molecule has 134 valence electrons. The van der Waals surface area contributed by atoms with Crippen LogP contribution in [0.5, 0.6) is 11.5 Å². The molecule has 6 nitrogen and oxygen atoms in total. The summed E-state index contributed by atoms with van der Waals surface area (Å²) in [6.45, 7) is -0.0693. The Morgan fingerprint density at radius 1 is 1.25 bits per heavy atom. The van der Waals surface area contributed by atoms with E-state index in [1.165, 1.54) is 25.3 Å². The van der Waals surface area contributed by atoms with Gasteiger partial charge in [-0.25, -0.2) is 0 Å². The van der Waals surface area contributed by atoms with Crippen LogP contribution in [-0.4, -0.2) is 49.7 Å². The first-order valence-corrected chi connectivity index (χ1v) is 7.13. The standard InChI is InChI=1S/C15H19F3N2O4/c1-3-6-20(9-15(16,17)18)14(22)10-4-5-11(12(7-10)23-2)24-8-13(19)21/h4-5,7H,3,6,8-9H2,1-2H3,(H2,19,21). The van der Waals surface area contributed by atoms with Crippen LogP contribution in [0.1, 0.15) is 23.7 Å². The first kappa shape index (κ1) is 19.6. The van der Waals surface area contributed by atoms with E-state index in [1.54, 1.807) is 6.92 Å². The molecule has 9 heteroatoms. The molecule has 0 fully saturated rings. The molecule has 0 atom stereocenters. The van der Waals surface area contributed by atoms with E-state index in [9.17, 15) is 22.8 Å². The molecule has 0 aliphatic heterocycles. The van der Waals surface area contributed by atoms with Gasteiger partial charge < -0.3 is 20.1 Å². The van der Waals surface area contributed by atoms with Gasteiger partial charge in [0.25, 0.3) is 11.8 Å². The summed E-state index contributed by atoms with van der Waals surface area (Å²) in [5.74, 6) is -1.19. The molecule has 0 unspecified atom stereocenters. The van der Waals surface area contributed by atoms with Gasteiger partial charge in [-0.05, 0) is 24.6 Å². The highest BCUT2D eigenvalue weighted by molar-refractivity contribution is 5.95. The van der Waals surface area contributed by atoms with Crippen LogP contribution in [-0.2, 0) is 4.79 Å². The summed E-state index contributed by atoms with van der Waals surface area (Å²) in [7, 11) is 1.31. The number of primary amides is 1. The molecule has 0 heterocycles. The Kier molecular flexibility index (Phi) is 6.87. The quantitative estimate of drug-likeness (QED) is 0.779. The summed E-state index contributed by atoms with van der Waals surface area (Å²) in [5.41, 5.74) is 4.99. The van der Waals surface area contributed by atoms with E-state index in [0.717, 1.165) is 4.90 Å². The van der Waals surface area contributed by atoms with E-state index < -0.39 is 24.5 Å². The van der Waals surface area contributed by atoms with E-state index in [2.05, 4.69) is 0 Å². The largest absolute Gasteiger partial charge is 0.493 e. The van der Waals surface area contributed by atoms with Crippen molar-refractivity contribution in [2.45, 2.75) is 19.5 Å². The third kappa shape index (κ3) is 5.98. The van der Waals surface area contributed by atoms with Crippen LogP contribution in [0.25, 0.3) is 0 Å². The third-order valence-electron chi connectivity index (χ3n) is 2.93. The molecule has 2 N–H and O–H groups in total. The summed E-state index contributed by atoms with van der Waals surface area (Å²) >= 11 is 0. The van der Waals surface area contributed by atoms with Gasteiger partial charge >= 0.3 is 6.18 Å². The van der Waals surface area contributed by atoms with Crippen LogP contribution in [0.2, 0.25) is 0 Å². The number of benzene rings is 1. The van der Waals surface area contributed by atoms with Crippen molar-refractivity contribution >= 4 is 11.8 Å². The van der Waals surface area contributed by atoms with Crippen molar-refractivity contribution < 1.29 is 32.2 Å². The number of carbonyl (C=O) groups is 2. The number of hydrogen-bond acceptors (Lipinski definition) is 4. The van der Waals surface area contributed by atoms with E-state index in [4.69, 9.17) is 15.2 Å². The maximum Gasteiger partial charge on any atom is 0.406 e. The molecule has 1 rings (SSSR count). The predicted octanol–water partition coefficient (Wildman–Crippen LogP) is 1.97. The molecule has 24 heavy (non-hydrogen) atoms. The number of nitrogens with zero attached hydrogens (tertiary/aromatic N) is 1. The van der Waals surface area contributed by atoms with Gasteiger partial charge in [-0.2, -0.15) is 13.2 Å². The van der Waals surface area contributed by atoms with Crippen molar-refractivity contribution in [2.24, 2.45) is 5.73 Å². The average molecular weight is 348 g/mol. The summed E-state index contributed by atoms with van der Waals surface area (Å²) in [4.78, 5) is 23.8. The molecule has 0 spiro atoms. The highest BCUT2D eigenvalue weighted by Crippen LogP contribution is 2.29. The molecule has 0 aliphatic rings. The number of halogens is 3. The second-order valence-corrected chi connectivity index (χ2v) is 4.96. The van der Waals surface area contributed by atoms with Gasteiger partial charge in [-0.3, -0.25) is 9.59 Å². The highest BCUT2D eigenvalue weighted by atomic mass is 19.4. The molecule has 0 aliphatic carbocycles. The molecular weight excluding hydrogens is 329 g/mol. The Hall–Kier alpha value is -2.45. The van der Waals surface area contributed by atoms with Crippen LogP contribution in [0.15, 0.2) is 18.2 Å². The monoisotopic (exact) mass is 348 g/mol. The maximum absolute atomic E-state index is 12.6. The average Bonchev–Trinajstić information content (AvgIpc) is 2.50. The van der Waals surface area contributed by atoms with Crippen molar-refractivity contribution in [3.05, 3.63) is 23.8 Å². The number of carbonyl (C=O) groups excluding carboxylic acids is 2. The molecule has 0 radical (unpaired) electrons. The van der Waals surface area contributed by atoms with Crippen molar-refractivity contribution in [1.29, 1.82) is 0 Å². The second-order valence-electron chi connectivity index (χ2n) is 4.96.